The Bertz CT molecular complexity index is 1020. The number of β-lactam (4-membered cyclic amide) rings is 1. The van der Waals surface area contributed by atoms with Gasteiger partial charge in [0.1, 0.15) is 11.5 Å². The Kier molecular flexibility index (Phi) is 7.40. The lowest BCUT2D eigenvalue weighted by molar-refractivity contribution is -0.160. The summed E-state index contributed by atoms with van der Waals surface area (Å²) in [5.41, 5.74) is 11.9. The van der Waals surface area contributed by atoms with E-state index in [1.54, 1.807) is 0 Å². The van der Waals surface area contributed by atoms with Crippen molar-refractivity contribution in [2.75, 3.05) is 26.2 Å². The third-order valence-corrected chi connectivity index (χ3v) is 10.2. The number of carboxylic acids is 1. The topological polar surface area (TPSA) is 171 Å². The second-order valence-corrected chi connectivity index (χ2v) is 12.7. The molecule has 0 bridgehead atoms. The van der Waals surface area contributed by atoms with Gasteiger partial charge < -0.3 is 37.0 Å². The van der Waals surface area contributed by atoms with Crippen molar-refractivity contribution in [2.24, 2.45) is 29.2 Å². The Labute approximate surface area is 221 Å². The molecule has 37 heavy (non-hydrogen) atoms. The van der Waals surface area contributed by atoms with Gasteiger partial charge in [0.2, 0.25) is 11.8 Å². The highest BCUT2D eigenvalue weighted by Crippen LogP contribution is 2.53. The van der Waals surface area contributed by atoms with E-state index in [4.69, 9.17) is 11.5 Å². The Morgan fingerprint density at radius 1 is 1.14 bits per heavy atom. The van der Waals surface area contributed by atoms with E-state index >= 15 is 0 Å². The molecule has 0 aromatic carbocycles. The molecule has 0 aromatic rings. The third kappa shape index (κ3) is 4.82. The Balaban J connectivity index is 1.23. The number of carbonyl (C=O) groups is 4. The van der Waals surface area contributed by atoms with Gasteiger partial charge in [0, 0.05) is 60.8 Å². The van der Waals surface area contributed by atoms with Gasteiger partial charge in [0.05, 0.1) is 24.0 Å². The molecule has 0 spiro atoms. The zero-order chi connectivity index (χ0) is 26.6. The lowest BCUT2D eigenvalue weighted by Gasteiger charge is -2.47. The van der Waals surface area contributed by atoms with E-state index < -0.39 is 11.9 Å². The Morgan fingerprint density at radius 2 is 1.86 bits per heavy atom. The highest BCUT2D eigenvalue weighted by Gasteiger charge is 2.60. The molecule has 4 saturated heterocycles. The first-order chi connectivity index (χ1) is 17.6. The molecule has 0 aromatic heterocycles. The molecule has 5 rings (SSSR count). The number of rotatable bonds is 8. The van der Waals surface area contributed by atoms with Crippen molar-refractivity contribution in [2.45, 2.75) is 75.0 Å². The number of aliphatic carboxylic acids is 1. The van der Waals surface area contributed by atoms with Gasteiger partial charge >= 0.3 is 5.97 Å². The van der Waals surface area contributed by atoms with Crippen molar-refractivity contribution in [1.29, 1.82) is 0 Å². The average molecular weight is 535 g/mol. The van der Waals surface area contributed by atoms with Crippen LogP contribution in [0.2, 0.25) is 0 Å². The van der Waals surface area contributed by atoms with Crippen LogP contribution in [0.15, 0.2) is 10.6 Å². The molecule has 2 amide bonds. The number of thioether (sulfide) groups is 1. The van der Waals surface area contributed by atoms with Crippen LogP contribution in [0.5, 0.6) is 0 Å². The summed E-state index contributed by atoms with van der Waals surface area (Å²) in [5, 5.41) is 16.5. The number of ketones is 1. The summed E-state index contributed by atoms with van der Waals surface area (Å²) >= 11 is 1.48. The van der Waals surface area contributed by atoms with Gasteiger partial charge in [-0.1, -0.05) is 13.8 Å². The molecule has 5 aliphatic heterocycles. The van der Waals surface area contributed by atoms with Crippen molar-refractivity contribution in [3.05, 3.63) is 10.6 Å². The van der Waals surface area contributed by atoms with Crippen LogP contribution in [0.25, 0.3) is 0 Å². The van der Waals surface area contributed by atoms with E-state index in [-0.39, 0.29) is 77.0 Å². The van der Waals surface area contributed by atoms with E-state index in [1.165, 1.54) is 16.7 Å². The Morgan fingerprint density at radius 3 is 2.49 bits per heavy atom. The van der Waals surface area contributed by atoms with Crippen LogP contribution < -0.4 is 22.1 Å². The molecule has 4 fully saturated rings. The van der Waals surface area contributed by atoms with E-state index in [2.05, 4.69) is 10.6 Å². The van der Waals surface area contributed by atoms with E-state index in [0.29, 0.717) is 43.9 Å². The number of likely N-dealkylation sites (tertiary alicyclic amines) is 1. The minimum absolute atomic E-state index is 0.0258. The molecular weight excluding hydrogens is 496 g/mol. The van der Waals surface area contributed by atoms with Crippen LogP contribution in [0, 0.1) is 17.8 Å². The summed E-state index contributed by atoms with van der Waals surface area (Å²) in [6.07, 6.45) is 2.27. The lowest BCUT2D eigenvalue weighted by atomic mass is 9.73. The number of amides is 2. The molecule has 7 N–H and O–H groups in total. The van der Waals surface area contributed by atoms with E-state index in [0.717, 1.165) is 6.42 Å². The fourth-order valence-electron chi connectivity index (χ4n) is 6.73. The minimum atomic E-state index is -1.11. The SMILES string of the molecule is C[C@@H](CC(=O)[C@@H]1C[C@H](N)CN1)[C@H]1C(=O)N2C(C(=O)O)=C(S[C@@H]3CN[C@H](C(=O)N4CC[C@@H](N)C4)C3)[C@H](C)[C@H]12. The average Bonchev–Trinajstić information content (AvgIpc) is 3.62. The third-order valence-electron chi connectivity index (χ3n) is 8.70. The van der Waals surface area contributed by atoms with Crippen LogP contribution in [0.4, 0.5) is 0 Å². The number of carboxylic acid groups (broad SMARTS) is 1. The highest BCUT2D eigenvalue weighted by molar-refractivity contribution is 8.03. The summed E-state index contributed by atoms with van der Waals surface area (Å²) in [7, 11) is 0. The fraction of sp³-hybridized carbons (Fsp3) is 0.760. The second-order valence-electron chi connectivity index (χ2n) is 11.4. The van der Waals surface area contributed by atoms with Gasteiger partial charge in [-0.25, -0.2) is 4.79 Å². The van der Waals surface area contributed by atoms with Crippen molar-refractivity contribution < 1.29 is 24.3 Å². The van der Waals surface area contributed by atoms with Gasteiger partial charge in [0.15, 0.2) is 0 Å². The quantitative estimate of drug-likeness (QED) is 0.245. The summed E-state index contributed by atoms with van der Waals surface area (Å²) in [5.74, 6) is -1.95. The van der Waals surface area contributed by atoms with Crippen LogP contribution in [-0.4, -0.2) is 100 Å². The molecule has 11 nitrogen and oxygen atoms in total. The number of hydrogen-bond acceptors (Lipinski definition) is 9. The van der Waals surface area contributed by atoms with Crippen LogP contribution >= 0.6 is 11.8 Å². The maximum atomic E-state index is 13.2. The van der Waals surface area contributed by atoms with Gasteiger partial charge in [0.25, 0.3) is 0 Å². The number of nitrogens with zero attached hydrogens (tertiary/aromatic N) is 2. The molecule has 5 aliphatic rings. The van der Waals surface area contributed by atoms with Crippen molar-refractivity contribution in [1.82, 2.24) is 20.4 Å². The highest BCUT2D eigenvalue weighted by atomic mass is 32.2. The van der Waals surface area contributed by atoms with Gasteiger partial charge in [-0.15, -0.1) is 11.8 Å². The predicted octanol–water partition coefficient (Wildman–Crippen LogP) is -0.933. The van der Waals surface area contributed by atoms with Crippen LogP contribution in [0.3, 0.4) is 0 Å². The molecule has 12 heteroatoms. The number of Topliss-reactive ketones (excluding diaryl/α,β-unsaturated/α-hetero) is 1. The summed E-state index contributed by atoms with van der Waals surface area (Å²) < 4.78 is 0. The molecule has 0 radical (unpaired) electrons. The number of nitrogens with two attached hydrogens (primary N) is 2. The summed E-state index contributed by atoms with van der Waals surface area (Å²) in [4.78, 5) is 55.1. The van der Waals surface area contributed by atoms with Crippen molar-refractivity contribution >= 4 is 35.3 Å². The first kappa shape index (κ1) is 26.6. The first-order valence-electron chi connectivity index (χ1n) is 13.3. The van der Waals surface area contributed by atoms with Crippen molar-refractivity contribution in [3.63, 3.8) is 0 Å². The standard InChI is InChI=1S/C25H38N6O5S/c1-11(5-18(32)16-6-14(27)8-28-16)19-20-12(2)22(21(25(35)36)31(20)24(19)34)37-15-7-17(29-9-15)23(33)30-4-3-13(26)10-30/h11-17,19-20,28-29H,3-10,26-27H2,1-2H3,(H,35,36)/t11-,12+,13+,14-,15-,16-,17-,19+,20+/m0/s1. The fourth-order valence-corrected chi connectivity index (χ4v) is 8.21. The number of nitrogens with one attached hydrogen (secondary N) is 2. The van der Waals surface area contributed by atoms with Crippen molar-refractivity contribution in [3.8, 4) is 0 Å². The van der Waals surface area contributed by atoms with E-state index in [1.807, 2.05) is 18.7 Å². The van der Waals surface area contributed by atoms with Gasteiger partial charge in [-0.2, -0.15) is 0 Å². The normalized spacial score (nSPS) is 38.2. The van der Waals surface area contributed by atoms with Gasteiger partial charge in [-0.3, -0.25) is 14.4 Å². The summed E-state index contributed by atoms with van der Waals surface area (Å²) in [6, 6.07) is -0.846. The molecule has 5 heterocycles. The zero-order valence-electron chi connectivity index (χ0n) is 21.4. The maximum Gasteiger partial charge on any atom is 0.353 e. The molecule has 204 valence electrons. The van der Waals surface area contributed by atoms with Crippen LogP contribution in [0.1, 0.15) is 39.5 Å². The molecule has 0 saturated carbocycles. The molecular formula is C25H38N6O5S. The van der Waals surface area contributed by atoms with E-state index in [9.17, 15) is 24.3 Å². The monoisotopic (exact) mass is 534 g/mol. The smallest absolute Gasteiger partial charge is 0.353 e. The molecule has 0 aliphatic carbocycles. The molecule has 9 atom stereocenters. The number of carbonyl (C=O) groups excluding carboxylic acids is 3. The first-order valence-corrected chi connectivity index (χ1v) is 14.2. The second kappa shape index (κ2) is 10.3. The zero-order valence-corrected chi connectivity index (χ0v) is 22.2. The number of hydrogen-bond donors (Lipinski definition) is 5. The van der Waals surface area contributed by atoms with Gasteiger partial charge in [-0.05, 0) is 25.2 Å². The maximum absolute atomic E-state index is 13.2. The van der Waals surface area contributed by atoms with Crippen LogP contribution in [-0.2, 0) is 19.2 Å². The predicted molar refractivity (Wildman–Crippen MR) is 138 cm³/mol. The molecule has 0 unspecified atom stereocenters. The minimum Gasteiger partial charge on any atom is -0.477 e. The largest absolute Gasteiger partial charge is 0.477 e. The Hall–Kier alpha value is -1.99. The lowest BCUT2D eigenvalue weighted by Crippen LogP contribution is -2.62. The number of fused-ring (bicyclic) bond motifs is 1. The summed E-state index contributed by atoms with van der Waals surface area (Å²) in [6.45, 7) is 6.33.